The molecule has 0 aromatic heterocycles. The molecule has 1 N–H and O–H groups in total. The fourth-order valence-electron chi connectivity index (χ4n) is 5.42. The zero-order chi connectivity index (χ0) is 27.3. The quantitative estimate of drug-likeness (QED) is 0.256. The lowest BCUT2D eigenvalue weighted by Crippen LogP contribution is -2.43. The number of fused-ring (bicyclic) bond motifs is 2. The molecule has 1 amide bonds. The molecule has 2 fully saturated rings. The molecule has 11 nitrogen and oxygen atoms in total. The van der Waals surface area contributed by atoms with Crippen molar-refractivity contribution in [2.75, 3.05) is 5.32 Å². The van der Waals surface area contributed by atoms with Crippen LogP contribution in [0.3, 0.4) is 0 Å². The van der Waals surface area contributed by atoms with Crippen LogP contribution in [0.4, 0.5) is 17.1 Å². The van der Waals surface area contributed by atoms with E-state index in [1.54, 1.807) is 18.2 Å². The highest BCUT2D eigenvalue weighted by atomic mass is 35.5. The molecule has 0 radical (unpaired) electrons. The Morgan fingerprint density at radius 1 is 0.973 bits per heavy atom. The Morgan fingerprint density at radius 2 is 1.59 bits per heavy atom. The number of nitrogens with one attached hydrogen (secondary N) is 1. The minimum Gasteiger partial charge on any atom is -0.326 e. The van der Waals surface area contributed by atoms with Crippen LogP contribution in [-0.4, -0.2) is 27.4 Å². The third kappa shape index (κ3) is 4.21. The highest BCUT2D eigenvalue weighted by molar-refractivity contribution is 6.42. The first-order valence-corrected chi connectivity index (χ1v) is 12.0. The fourth-order valence-corrected chi connectivity index (χ4v) is 5.72. The molecule has 194 valence electrons. The van der Waals surface area contributed by atoms with Gasteiger partial charge in [0.05, 0.1) is 42.6 Å². The van der Waals surface area contributed by atoms with Gasteiger partial charge in [-0.15, -0.1) is 0 Å². The summed E-state index contributed by atoms with van der Waals surface area (Å²) in [6, 6.07) is 7.30. The Morgan fingerprint density at radius 3 is 2.16 bits per heavy atom. The van der Waals surface area contributed by atoms with E-state index < -0.39 is 43.4 Å². The molecule has 2 saturated carbocycles. The summed E-state index contributed by atoms with van der Waals surface area (Å²) in [5.41, 5.74) is -2.68. The number of non-ortho nitro benzene ring substituents is 2. The van der Waals surface area contributed by atoms with Crippen LogP contribution in [0.15, 0.2) is 41.6 Å². The Bertz CT molecular complexity index is 1360. The summed E-state index contributed by atoms with van der Waals surface area (Å²) in [5, 5.41) is 29.9. The zero-order valence-corrected chi connectivity index (χ0v) is 21.6. The van der Waals surface area contributed by atoms with E-state index in [0.29, 0.717) is 34.3 Å². The first kappa shape index (κ1) is 26.5. The van der Waals surface area contributed by atoms with Gasteiger partial charge in [-0.1, -0.05) is 49.1 Å². The number of halogens is 2. The van der Waals surface area contributed by atoms with Crippen molar-refractivity contribution < 1.29 is 24.3 Å². The van der Waals surface area contributed by atoms with Crippen molar-refractivity contribution in [3.05, 3.63) is 72.2 Å². The van der Waals surface area contributed by atoms with E-state index in [9.17, 15) is 29.8 Å². The molecule has 37 heavy (non-hydrogen) atoms. The molecule has 2 unspecified atom stereocenters. The van der Waals surface area contributed by atoms with Gasteiger partial charge in [0.15, 0.2) is 0 Å². The topological polar surface area (TPSA) is 154 Å². The second-order valence-electron chi connectivity index (χ2n) is 9.97. The second-order valence-corrected chi connectivity index (χ2v) is 10.8. The van der Waals surface area contributed by atoms with Crippen LogP contribution in [0.1, 0.15) is 50.4 Å². The number of hydrogen-bond donors (Lipinski definition) is 1. The predicted octanol–water partition coefficient (Wildman–Crippen LogP) is 6.18. The average Bonchev–Trinajstić information content (AvgIpc) is 3.15. The summed E-state index contributed by atoms with van der Waals surface area (Å²) >= 11 is 12.1. The van der Waals surface area contributed by atoms with Crippen LogP contribution in [0.5, 0.6) is 0 Å². The minimum absolute atomic E-state index is 0.214. The number of rotatable bonds is 6. The minimum atomic E-state index is -1.09. The van der Waals surface area contributed by atoms with Crippen molar-refractivity contribution in [1.29, 1.82) is 0 Å². The van der Waals surface area contributed by atoms with Gasteiger partial charge in [-0.05, 0) is 36.5 Å². The number of nitro groups is 2. The van der Waals surface area contributed by atoms with Crippen molar-refractivity contribution in [1.82, 2.24) is 0 Å². The maximum atomic E-state index is 13.6. The van der Waals surface area contributed by atoms with E-state index >= 15 is 0 Å². The summed E-state index contributed by atoms with van der Waals surface area (Å²) < 4.78 is 0. The molecule has 0 heterocycles. The van der Waals surface area contributed by atoms with Gasteiger partial charge >= 0.3 is 5.97 Å². The van der Waals surface area contributed by atoms with Gasteiger partial charge in [-0.3, -0.25) is 25.0 Å². The van der Waals surface area contributed by atoms with Gasteiger partial charge in [0.2, 0.25) is 5.91 Å². The monoisotopic (exact) mass is 548 g/mol. The second kappa shape index (κ2) is 9.07. The maximum Gasteiger partial charge on any atom is 0.366 e. The summed E-state index contributed by atoms with van der Waals surface area (Å²) in [6.07, 6.45) is 1.40. The smallest absolute Gasteiger partial charge is 0.326 e. The van der Waals surface area contributed by atoms with Gasteiger partial charge in [0, 0.05) is 29.7 Å². The van der Waals surface area contributed by atoms with E-state index in [1.165, 1.54) is 0 Å². The molecule has 2 aliphatic rings. The number of amides is 1. The highest BCUT2D eigenvalue weighted by Crippen LogP contribution is 2.71. The van der Waals surface area contributed by atoms with Crippen LogP contribution in [0.25, 0.3) is 0 Å². The van der Waals surface area contributed by atoms with Gasteiger partial charge in [-0.2, -0.15) is 0 Å². The lowest BCUT2D eigenvalue weighted by Gasteiger charge is -2.39. The number of anilines is 1. The zero-order valence-electron chi connectivity index (χ0n) is 20.0. The number of hydrogen-bond acceptors (Lipinski definition) is 8. The molecule has 2 bridgehead atoms. The molecule has 4 rings (SSSR count). The molecule has 0 saturated heterocycles. The fraction of sp³-hybridized carbons (Fsp3) is 0.375. The molecule has 0 aliphatic heterocycles. The molecule has 13 heteroatoms. The molecular weight excluding hydrogens is 527 g/mol. The lowest BCUT2D eigenvalue weighted by molar-refractivity contribution is -0.394. The van der Waals surface area contributed by atoms with E-state index in [2.05, 4.69) is 10.5 Å². The van der Waals surface area contributed by atoms with E-state index in [1.807, 2.05) is 20.8 Å². The van der Waals surface area contributed by atoms with Crippen molar-refractivity contribution >= 4 is 57.9 Å². The number of oxime groups is 1. The SMILES string of the molecule is CC12CCC(C(=O)Nc3ccc(Cl)c(Cl)c3)(C/C1=N/OC(=O)c1cc([N+](=O)[O-])cc([N+](=O)[O-])c1)C2(C)C. The summed E-state index contributed by atoms with van der Waals surface area (Å²) in [6.45, 7) is 5.87. The van der Waals surface area contributed by atoms with Crippen LogP contribution in [0, 0.1) is 36.5 Å². The summed E-state index contributed by atoms with van der Waals surface area (Å²) in [5.74, 6) is -1.32. The van der Waals surface area contributed by atoms with E-state index in [-0.39, 0.29) is 17.9 Å². The molecule has 0 spiro atoms. The highest BCUT2D eigenvalue weighted by Gasteiger charge is 2.71. The number of nitro benzene ring substituents is 2. The first-order chi connectivity index (χ1) is 17.2. The maximum absolute atomic E-state index is 13.6. The standard InChI is InChI=1S/C24H22Cl2N4O7/c1-22(2)23(3)6-7-24(22,21(32)27-14-4-5-17(25)18(26)10-14)12-19(23)28-37-20(31)13-8-15(29(33)34)11-16(9-13)30(35)36/h4-5,8-11H,6-7,12H2,1-3H3,(H,27,32)/b28-19-. The van der Waals surface area contributed by atoms with Crippen LogP contribution >= 0.6 is 23.2 Å². The number of carbonyl (C=O) groups excluding carboxylic acids is 2. The first-order valence-electron chi connectivity index (χ1n) is 11.2. The Balaban J connectivity index is 1.61. The predicted molar refractivity (Wildman–Crippen MR) is 136 cm³/mol. The molecule has 2 aliphatic carbocycles. The number of benzene rings is 2. The van der Waals surface area contributed by atoms with E-state index in [4.69, 9.17) is 28.0 Å². The third-order valence-corrected chi connectivity index (χ3v) is 8.88. The molecular formula is C24H22Cl2N4O7. The largest absolute Gasteiger partial charge is 0.366 e. The third-order valence-electron chi connectivity index (χ3n) is 8.14. The van der Waals surface area contributed by atoms with Crippen molar-refractivity contribution in [3.63, 3.8) is 0 Å². The average molecular weight is 549 g/mol. The Kier molecular flexibility index (Phi) is 6.49. The van der Waals surface area contributed by atoms with Crippen molar-refractivity contribution in [2.45, 2.75) is 40.0 Å². The van der Waals surface area contributed by atoms with Crippen LogP contribution < -0.4 is 5.32 Å². The normalized spacial score (nSPS) is 24.6. The lowest BCUT2D eigenvalue weighted by atomic mass is 9.64. The van der Waals surface area contributed by atoms with Crippen LogP contribution in [-0.2, 0) is 9.63 Å². The van der Waals surface area contributed by atoms with Crippen LogP contribution in [0.2, 0.25) is 10.0 Å². The molecule has 2 aromatic carbocycles. The Hall–Kier alpha value is -3.57. The molecule has 2 atom stereocenters. The summed E-state index contributed by atoms with van der Waals surface area (Å²) in [7, 11) is 0. The van der Waals surface area contributed by atoms with Gasteiger partial charge in [-0.25, -0.2) is 4.79 Å². The number of carbonyl (C=O) groups is 2. The van der Waals surface area contributed by atoms with Gasteiger partial charge in [0.25, 0.3) is 11.4 Å². The summed E-state index contributed by atoms with van der Waals surface area (Å²) in [4.78, 5) is 51.9. The van der Waals surface area contributed by atoms with Gasteiger partial charge < -0.3 is 10.2 Å². The Labute approximate surface area is 221 Å². The van der Waals surface area contributed by atoms with Crippen molar-refractivity contribution in [3.8, 4) is 0 Å². The van der Waals surface area contributed by atoms with Crippen molar-refractivity contribution in [2.24, 2.45) is 21.4 Å². The molecule has 2 aromatic rings. The van der Waals surface area contributed by atoms with Gasteiger partial charge in [0.1, 0.15) is 0 Å². The number of nitrogens with zero attached hydrogens (tertiary/aromatic N) is 3. The van der Waals surface area contributed by atoms with E-state index in [0.717, 1.165) is 18.2 Å².